The fourth-order valence-electron chi connectivity index (χ4n) is 3.05. The third kappa shape index (κ3) is 4.79. The Labute approximate surface area is 197 Å². The molecule has 11 heteroatoms. The molecular formula is C20H20Cl2N6OS2. The summed E-state index contributed by atoms with van der Waals surface area (Å²) >= 11 is 15.4. The molecule has 0 unspecified atom stereocenters. The first-order chi connectivity index (χ1) is 14.9. The molecule has 0 N–H and O–H groups in total. The van der Waals surface area contributed by atoms with Gasteiger partial charge in [0.2, 0.25) is 4.96 Å². The van der Waals surface area contributed by atoms with Crippen LogP contribution in [0.2, 0.25) is 10.0 Å². The van der Waals surface area contributed by atoms with Gasteiger partial charge < -0.3 is 4.57 Å². The molecule has 1 aromatic carbocycles. The predicted molar refractivity (Wildman–Crippen MR) is 126 cm³/mol. The predicted octanol–water partition coefficient (Wildman–Crippen LogP) is 5.23. The lowest BCUT2D eigenvalue weighted by Crippen LogP contribution is -2.15. The summed E-state index contributed by atoms with van der Waals surface area (Å²) in [4.78, 5) is 17.6. The molecular weight excluding hydrogens is 475 g/mol. The summed E-state index contributed by atoms with van der Waals surface area (Å²) in [6.45, 7) is 7.00. The van der Waals surface area contributed by atoms with E-state index in [0.29, 0.717) is 38.2 Å². The highest BCUT2D eigenvalue weighted by molar-refractivity contribution is 7.98. The van der Waals surface area contributed by atoms with Crippen molar-refractivity contribution in [3.05, 3.63) is 55.4 Å². The van der Waals surface area contributed by atoms with Crippen LogP contribution in [-0.4, -0.2) is 29.4 Å². The van der Waals surface area contributed by atoms with Crippen LogP contribution < -0.4 is 5.56 Å². The Balaban J connectivity index is 1.65. The lowest BCUT2D eigenvalue weighted by atomic mass is 10.2. The van der Waals surface area contributed by atoms with Crippen LogP contribution in [0.4, 0.5) is 0 Å². The zero-order valence-corrected chi connectivity index (χ0v) is 20.3. The maximum absolute atomic E-state index is 12.4. The lowest BCUT2D eigenvalue weighted by molar-refractivity contribution is 0.498. The number of benzene rings is 1. The van der Waals surface area contributed by atoms with E-state index in [2.05, 4.69) is 38.7 Å². The topological polar surface area (TPSA) is 78.0 Å². The molecule has 0 saturated heterocycles. The van der Waals surface area contributed by atoms with Crippen molar-refractivity contribution in [2.75, 3.05) is 0 Å². The van der Waals surface area contributed by atoms with E-state index < -0.39 is 0 Å². The number of thioether (sulfide) groups is 1. The number of hydrogen-bond acceptors (Lipinski definition) is 7. The third-order valence-electron chi connectivity index (χ3n) is 4.43. The normalized spacial score (nSPS) is 11.7. The fourth-order valence-corrected chi connectivity index (χ4v) is 5.24. The number of fused-ring (bicyclic) bond motifs is 1. The molecule has 0 aliphatic heterocycles. The summed E-state index contributed by atoms with van der Waals surface area (Å²) in [5.74, 6) is 1.57. The van der Waals surface area contributed by atoms with Gasteiger partial charge in [0.15, 0.2) is 11.0 Å². The van der Waals surface area contributed by atoms with Crippen LogP contribution in [0.1, 0.15) is 31.5 Å². The summed E-state index contributed by atoms with van der Waals surface area (Å²) in [6.07, 6.45) is 0.770. The monoisotopic (exact) mass is 494 g/mol. The Morgan fingerprint density at radius 2 is 2.00 bits per heavy atom. The first-order valence-electron chi connectivity index (χ1n) is 9.75. The van der Waals surface area contributed by atoms with Gasteiger partial charge in [-0.1, -0.05) is 67.1 Å². The number of hydrogen-bond donors (Lipinski definition) is 0. The molecule has 0 saturated carbocycles. The Morgan fingerprint density at radius 1 is 1.19 bits per heavy atom. The smallest absolute Gasteiger partial charge is 0.275 e. The van der Waals surface area contributed by atoms with Gasteiger partial charge in [-0.05, 0) is 30.5 Å². The van der Waals surface area contributed by atoms with E-state index in [1.165, 1.54) is 33.7 Å². The van der Waals surface area contributed by atoms with Crippen LogP contribution in [0.15, 0.2) is 34.2 Å². The lowest BCUT2D eigenvalue weighted by Gasteiger charge is -2.13. The molecule has 0 radical (unpaired) electrons. The first kappa shape index (κ1) is 22.3. The second-order valence-electron chi connectivity index (χ2n) is 7.35. The maximum Gasteiger partial charge on any atom is 0.275 e. The molecule has 0 fully saturated rings. The summed E-state index contributed by atoms with van der Waals surface area (Å²) < 4.78 is 3.41. The molecule has 4 rings (SSSR count). The van der Waals surface area contributed by atoms with Gasteiger partial charge in [-0.2, -0.15) is 9.61 Å². The largest absolute Gasteiger partial charge is 0.302 e. The molecule has 3 aromatic heterocycles. The molecule has 7 nitrogen and oxygen atoms in total. The van der Waals surface area contributed by atoms with Gasteiger partial charge in [-0.25, -0.2) is 4.98 Å². The zero-order chi connectivity index (χ0) is 22.1. The van der Waals surface area contributed by atoms with Crippen molar-refractivity contribution >= 4 is 51.3 Å². The van der Waals surface area contributed by atoms with Crippen molar-refractivity contribution < 1.29 is 0 Å². The molecule has 0 atom stereocenters. The molecule has 3 heterocycles. The van der Waals surface area contributed by atoms with Crippen LogP contribution in [0, 0.1) is 5.92 Å². The minimum Gasteiger partial charge on any atom is -0.302 e. The number of rotatable bonds is 7. The molecule has 0 amide bonds. The van der Waals surface area contributed by atoms with Crippen molar-refractivity contribution in [1.29, 1.82) is 0 Å². The van der Waals surface area contributed by atoms with Gasteiger partial charge in [0.05, 0.1) is 10.7 Å². The van der Waals surface area contributed by atoms with E-state index >= 15 is 0 Å². The van der Waals surface area contributed by atoms with Gasteiger partial charge in [-0.15, -0.1) is 10.2 Å². The summed E-state index contributed by atoms with van der Waals surface area (Å²) in [5, 5.41) is 15.8. The van der Waals surface area contributed by atoms with E-state index in [-0.39, 0.29) is 5.56 Å². The van der Waals surface area contributed by atoms with Crippen LogP contribution in [-0.2, 0) is 18.7 Å². The van der Waals surface area contributed by atoms with Gasteiger partial charge in [-0.3, -0.25) is 4.79 Å². The second kappa shape index (κ2) is 9.28. The van der Waals surface area contributed by atoms with Gasteiger partial charge in [0.1, 0.15) is 5.01 Å². The highest BCUT2D eigenvalue weighted by atomic mass is 35.5. The Morgan fingerprint density at radius 3 is 2.71 bits per heavy atom. The second-order valence-corrected chi connectivity index (χ2v) is 10.2. The SMILES string of the molecule is CCc1nn2c(=O)cc(CSc3nnc(-c4ccc(Cl)cc4Cl)n3CC(C)C)nc2s1. The average molecular weight is 495 g/mol. The van der Waals surface area contributed by atoms with E-state index in [9.17, 15) is 4.79 Å². The number of halogens is 2. The summed E-state index contributed by atoms with van der Waals surface area (Å²) in [5.41, 5.74) is 1.29. The van der Waals surface area contributed by atoms with Crippen LogP contribution in [0.5, 0.6) is 0 Å². The molecule has 0 spiro atoms. The van der Waals surface area contributed by atoms with E-state index in [0.717, 1.165) is 28.7 Å². The van der Waals surface area contributed by atoms with E-state index in [4.69, 9.17) is 23.2 Å². The van der Waals surface area contributed by atoms with Gasteiger partial charge in [0.25, 0.3) is 5.56 Å². The highest BCUT2D eigenvalue weighted by Gasteiger charge is 2.18. The highest BCUT2D eigenvalue weighted by Crippen LogP contribution is 2.32. The Kier molecular flexibility index (Phi) is 6.66. The molecule has 0 aliphatic rings. The quantitative estimate of drug-likeness (QED) is 0.327. The molecule has 162 valence electrons. The Bertz CT molecular complexity index is 1300. The van der Waals surface area contributed by atoms with Crippen molar-refractivity contribution in [1.82, 2.24) is 29.4 Å². The third-order valence-corrected chi connectivity index (χ3v) is 7.03. The number of aryl methyl sites for hydroxylation is 1. The first-order valence-corrected chi connectivity index (χ1v) is 12.3. The van der Waals surface area contributed by atoms with Crippen molar-refractivity contribution in [2.24, 2.45) is 5.92 Å². The van der Waals surface area contributed by atoms with Crippen molar-refractivity contribution in [3.8, 4) is 11.4 Å². The number of aromatic nitrogens is 6. The standard InChI is InChI=1S/C20H20Cl2N6OS2/c1-4-16-26-28-17(29)8-13(23-19(28)31-16)10-30-20-25-24-18(27(20)9-11(2)3)14-6-5-12(21)7-15(14)22/h5-8,11H,4,9-10H2,1-3H3. The van der Waals surface area contributed by atoms with Gasteiger partial charge >= 0.3 is 0 Å². The number of nitrogens with zero attached hydrogens (tertiary/aromatic N) is 6. The Hall–Kier alpha value is -1.94. The summed E-state index contributed by atoms with van der Waals surface area (Å²) in [7, 11) is 0. The average Bonchev–Trinajstić information content (AvgIpc) is 3.30. The molecule has 4 aromatic rings. The van der Waals surface area contributed by atoms with Crippen LogP contribution >= 0.6 is 46.3 Å². The van der Waals surface area contributed by atoms with Gasteiger partial charge in [0, 0.05) is 29.0 Å². The van der Waals surface area contributed by atoms with Crippen LogP contribution in [0.3, 0.4) is 0 Å². The van der Waals surface area contributed by atoms with Crippen molar-refractivity contribution in [2.45, 2.75) is 44.6 Å². The molecule has 31 heavy (non-hydrogen) atoms. The zero-order valence-electron chi connectivity index (χ0n) is 17.2. The minimum absolute atomic E-state index is 0.172. The van der Waals surface area contributed by atoms with Crippen LogP contribution in [0.25, 0.3) is 16.3 Å². The fraction of sp³-hybridized carbons (Fsp3) is 0.350. The minimum atomic E-state index is -0.172. The van der Waals surface area contributed by atoms with E-state index in [1.807, 2.05) is 13.0 Å². The maximum atomic E-state index is 12.4. The van der Waals surface area contributed by atoms with E-state index in [1.54, 1.807) is 12.1 Å². The molecule has 0 aliphatic carbocycles. The van der Waals surface area contributed by atoms with Crippen molar-refractivity contribution in [3.63, 3.8) is 0 Å². The molecule has 0 bridgehead atoms. The summed E-state index contributed by atoms with van der Waals surface area (Å²) in [6, 6.07) is 6.87.